The Bertz CT molecular complexity index is 1720. The number of nitrogens with two attached hydrogens (primary N) is 1. The highest BCUT2D eigenvalue weighted by Gasteiger charge is 2.23. The molecule has 0 amide bonds. The van der Waals surface area contributed by atoms with Crippen molar-refractivity contribution in [1.82, 2.24) is 14.5 Å². The lowest BCUT2D eigenvalue weighted by Gasteiger charge is -2.16. The van der Waals surface area contributed by atoms with E-state index in [9.17, 15) is 4.79 Å². The Hall–Kier alpha value is -3.94. The fourth-order valence-corrected chi connectivity index (χ4v) is 5.55. The molecule has 1 aliphatic carbocycles. The topological polar surface area (TPSA) is 114 Å². The number of rotatable bonds is 5. The number of halogens is 1. The van der Waals surface area contributed by atoms with Crippen molar-refractivity contribution >= 4 is 39.5 Å². The zero-order valence-electron chi connectivity index (χ0n) is 21.8. The molecular weight excluding hydrogens is 512 g/mol. The van der Waals surface area contributed by atoms with Crippen molar-refractivity contribution in [2.75, 3.05) is 6.54 Å². The van der Waals surface area contributed by atoms with Crippen molar-refractivity contribution in [3.8, 4) is 22.5 Å². The molecule has 0 aliphatic heterocycles. The van der Waals surface area contributed by atoms with Crippen LogP contribution in [0.5, 0.6) is 0 Å². The summed E-state index contributed by atoms with van der Waals surface area (Å²) in [6, 6.07) is 20.3. The van der Waals surface area contributed by atoms with Gasteiger partial charge >= 0.3 is 0 Å². The zero-order chi connectivity index (χ0) is 27.5. The molecular formula is C31H31ClN4O3. The van der Waals surface area contributed by atoms with Gasteiger partial charge in [0.25, 0.3) is 11.5 Å². The number of aryl methyl sites for hydroxylation is 3. The van der Waals surface area contributed by atoms with Gasteiger partial charge in [0.15, 0.2) is 0 Å². The van der Waals surface area contributed by atoms with Crippen LogP contribution < -0.4 is 11.3 Å². The molecule has 39 heavy (non-hydrogen) atoms. The second kappa shape index (κ2) is 11.4. The van der Waals surface area contributed by atoms with Crippen molar-refractivity contribution in [3.05, 3.63) is 87.2 Å². The number of hydrogen-bond acceptors (Lipinski definition) is 4. The second-order valence-electron chi connectivity index (χ2n) is 9.82. The molecule has 7 nitrogen and oxygen atoms in total. The number of aliphatic carboxylic acids is 1. The Morgan fingerprint density at radius 2 is 1.74 bits per heavy atom. The Balaban J connectivity index is 0.000000723. The monoisotopic (exact) mass is 542 g/mol. The zero-order valence-corrected chi connectivity index (χ0v) is 22.6. The third kappa shape index (κ3) is 5.46. The van der Waals surface area contributed by atoms with Crippen LogP contribution in [0.1, 0.15) is 37.3 Å². The van der Waals surface area contributed by atoms with E-state index >= 15 is 0 Å². The minimum Gasteiger partial charge on any atom is -0.481 e. The molecule has 0 spiro atoms. The van der Waals surface area contributed by atoms with E-state index in [1.165, 1.54) is 24.0 Å². The van der Waals surface area contributed by atoms with Gasteiger partial charge in [0, 0.05) is 35.0 Å². The Kier molecular flexibility index (Phi) is 7.82. The van der Waals surface area contributed by atoms with Crippen LogP contribution in [0.15, 0.2) is 65.5 Å². The summed E-state index contributed by atoms with van der Waals surface area (Å²) in [6.45, 7) is 2.41. The maximum Gasteiger partial charge on any atom is 0.300 e. The summed E-state index contributed by atoms with van der Waals surface area (Å²) in [4.78, 5) is 30.7. The normalized spacial score (nSPS) is 12.7. The Morgan fingerprint density at radius 3 is 2.44 bits per heavy atom. The lowest BCUT2D eigenvalue weighted by molar-refractivity contribution is -0.134. The predicted molar refractivity (Wildman–Crippen MR) is 157 cm³/mol. The number of carboxylic acid groups (broad SMARTS) is 1. The Labute approximate surface area is 231 Å². The molecule has 3 aromatic carbocycles. The Morgan fingerprint density at radius 1 is 1.08 bits per heavy atom. The highest BCUT2D eigenvalue weighted by molar-refractivity contribution is 6.30. The summed E-state index contributed by atoms with van der Waals surface area (Å²) in [5, 5.41) is 9.09. The van der Waals surface area contributed by atoms with Crippen molar-refractivity contribution in [2.24, 2.45) is 5.73 Å². The number of carbonyl (C=O) groups is 1. The lowest BCUT2D eigenvalue weighted by atomic mass is 9.91. The van der Waals surface area contributed by atoms with E-state index in [1.807, 2.05) is 36.4 Å². The highest BCUT2D eigenvalue weighted by atomic mass is 35.5. The highest BCUT2D eigenvalue weighted by Crippen LogP contribution is 2.40. The van der Waals surface area contributed by atoms with Gasteiger partial charge in [-0.05, 0) is 85.7 Å². The minimum absolute atomic E-state index is 0.176. The molecule has 6 rings (SSSR count). The molecule has 0 fully saturated rings. The minimum atomic E-state index is -0.833. The van der Waals surface area contributed by atoms with Gasteiger partial charge in [0.05, 0.1) is 16.7 Å². The SMILES string of the molecule is CC(=O)O.NCCCn1c(-c2ccc(Cl)cc2)c(-c2nc3cc4c(cc3[nH]c2=O)CCCC4)c2ccccc21. The van der Waals surface area contributed by atoms with Crippen LogP contribution in [0.4, 0.5) is 0 Å². The molecule has 0 saturated carbocycles. The fourth-order valence-electron chi connectivity index (χ4n) is 5.42. The summed E-state index contributed by atoms with van der Waals surface area (Å²) in [5.41, 5.74) is 14.3. The number of benzene rings is 3. The average molecular weight is 543 g/mol. The van der Waals surface area contributed by atoms with Crippen LogP contribution in [0, 0.1) is 0 Å². The smallest absolute Gasteiger partial charge is 0.300 e. The van der Waals surface area contributed by atoms with Crippen molar-refractivity contribution in [1.29, 1.82) is 0 Å². The predicted octanol–water partition coefficient (Wildman–Crippen LogP) is 6.18. The van der Waals surface area contributed by atoms with E-state index in [1.54, 1.807) is 0 Å². The first-order valence-corrected chi connectivity index (χ1v) is 13.6. The van der Waals surface area contributed by atoms with Gasteiger partial charge in [-0.2, -0.15) is 0 Å². The van der Waals surface area contributed by atoms with E-state index in [-0.39, 0.29) is 5.56 Å². The van der Waals surface area contributed by atoms with E-state index in [4.69, 9.17) is 32.2 Å². The van der Waals surface area contributed by atoms with E-state index in [0.29, 0.717) is 17.3 Å². The van der Waals surface area contributed by atoms with Gasteiger partial charge in [0.2, 0.25) is 0 Å². The number of fused-ring (bicyclic) bond motifs is 3. The molecule has 200 valence electrons. The first kappa shape index (κ1) is 26.7. The van der Waals surface area contributed by atoms with Gasteiger partial charge in [-0.1, -0.05) is 41.9 Å². The van der Waals surface area contributed by atoms with Crippen molar-refractivity contribution in [2.45, 2.75) is 45.6 Å². The standard InChI is InChI=1S/C29H27ClN4O.C2H4O2/c30-21-12-10-18(11-13-21)28-26(22-8-3-4-9-25(22)34(28)15-5-14-31)27-29(35)33-24-17-20-7-2-1-6-19(20)16-23(24)32-27;1-2(3)4/h3-4,8-13,16-17H,1-2,5-7,14-15,31H2,(H,33,35);1H3,(H,3,4). The average Bonchev–Trinajstić information content (AvgIpc) is 3.24. The summed E-state index contributed by atoms with van der Waals surface area (Å²) >= 11 is 6.22. The van der Waals surface area contributed by atoms with Crippen molar-refractivity contribution in [3.63, 3.8) is 0 Å². The first-order chi connectivity index (χ1) is 18.9. The van der Waals surface area contributed by atoms with Crippen LogP contribution in [-0.4, -0.2) is 32.2 Å². The van der Waals surface area contributed by atoms with Crippen LogP contribution in [0.3, 0.4) is 0 Å². The van der Waals surface area contributed by atoms with Gasteiger partial charge in [0.1, 0.15) is 5.69 Å². The second-order valence-corrected chi connectivity index (χ2v) is 10.3. The third-order valence-electron chi connectivity index (χ3n) is 7.07. The maximum absolute atomic E-state index is 13.5. The molecule has 0 bridgehead atoms. The molecule has 4 N–H and O–H groups in total. The summed E-state index contributed by atoms with van der Waals surface area (Å²) < 4.78 is 2.26. The number of H-pyrrole nitrogens is 1. The van der Waals surface area contributed by atoms with Gasteiger partial charge in [-0.25, -0.2) is 4.98 Å². The molecule has 0 unspecified atom stereocenters. The first-order valence-electron chi connectivity index (χ1n) is 13.2. The van der Waals surface area contributed by atoms with E-state index < -0.39 is 5.97 Å². The van der Waals surface area contributed by atoms with Gasteiger partial charge < -0.3 is 20.4 Å². The van der Waals surface area contributed by atoms with Crippen LogP contribution >= 0.6 is 11.6 Å². The number of aromatic amines is 1. The quantitative estimate of drug-likeness (QED) is 0.245. The van der Waals surface area contributed by atoms with Crippen LogP contribution in [0.2, 0.25) is 5.02 Å². The maximum atomic E-state index is 13.5. The van der Waals surface area contributed by atoms with E-state index in [2.05, 4.69) is 33.8 Å². The summed E-state index contributed by atoms with van der Waals surface area (Å²) in [5.74, 6) is -0.833. The number of para-hydroxylation sites is 1. The number of carboxylic acids is 1. The van der Waals surface area contributed by atoms with Gasteiger partial charge in [-0.3, -0.25) is 9.59 Å². The number of aromatic nitrogens is 3. The summed E-state index contributed by atoms with van der Waals surface area (Å²) in [6.07, 6.45) is 5.34. The molecule has 5 aromatic rings. The molecule has 8 heteroatoms. The number of nitrogens with one attached hydrogen (secondary N) is 1. The molecule has 0 radical (unpaired) electrons. The van der Waals surface area contributed by atoms with Crippen LogP contribution in [0.25, 0.3) is 44.5 Å². The van der Waals surface area contributed by atoms with Crippen molar-refractivity contribution < 1.29 is 9.90 Å². The summed E-state index contributed by atoms with van der Waals surface area (Å²) in [7, 11) is 0. The lowest BCUT2D eigenvalue weighted by Crippen LogP contribution is -2.13. The third-order valence-corrected chi connectivity index (χ3v) is 7.32. The molecule has 1 aliphatic rings. The molecule has 0 saturated heterocycles. The number of nitrogens with zero attached hydrogens (tertiary/aromatic N) is 2. The van der Waals surface area contributed by atoms with E-state index in [0.717, 1.165) is 71.5 Å². The molecule has 0 atom stereocenters. The molecule has 2 aromatic heterocycles. The fraction of sp³-hybridized carbons (Fsp3) is 0.258. The van der Waals surface area contributed by atoms with Gasteiger partial charge in [-0.15, -0.1) is 0 Å². The largest absolute Gasteiger partial charge is 0.481 e. The molecule has 2 heterocycles. The number of hydrogen-bond donors (Lipinski definition) is 3. The van der Waals surface area contributed by atoms with Crippen LogP contribution in [-0.2, 0) is 24.2 Å².